The van der Waals surface area contributed by atoms with Gasteiger partial charge in [-0.25, -0.2) is 17.8 Å². The summed E-state index contributed by atoms with van der Waals surface area (Å²) < 4.78 is 41.1. The lowest BCUT2D eigenvalue weighted by molar-refractivity contribution is 0.102. The minimum atomic E-state index is -3.67. The summed E-state index contributed by atoms with van der Waals surface area (Å²) in [4.78, 5) is 22.6. The van der Waals surface area contributed by atoms with Crippen LogP contribution >= 0.6 is 0 Å². The van der Waals surface area contributed by atoms with Gasteiger partial charge < -0.3 is 10.2 Å². The molecule has 1 aliphatic heterocycles. The van der Waals surface area contributed by atoms with Crippen LogP contribution in [0.3, 0.4) is 0 Å². The molecule has 1 aliphatic rings. The lowest BCUT2D eigenvalue weighted by atomic mass is 10.2. The predicted molar refractivity (Wildman–Crippen MR) is 114 cm³/mol. The fraction of sp³-hybridized carbons (Fsp3) is 0.190. The van der Waals surface area contributed by atoms with Gasteiger partial charge in [0, 0.05) is 44.3 Å². The summed E-state index contributed by atoms with van der Waals surface area (Å²) in [6.07, 6.45) is 4.84. The topological polar surface area (TPSA) is 95.5 Å². The van der Waals surface area contributed by atoms with E-state index in [1.807, 2.05) is 4.90 Å². The molecule has 0 unspecified atom stereocenters. The third kappa shape index (κ3) is 4.54. The molecule has 2 heterocycles. The normalized spacial score (nSPS) is 14.9. The summed E-state index contributed by atoms with van der Waals surface area (Å²) in [7, 11) is -3.67. The number of hydrogen-bond acceptors (Lipinski definition) is 6. The molecule has 0 spiro atoms. The minimum absolute atomic E-state index is 0.0832. The summed E-state index contributed by atoms with van der Waals surface area (Å²) in [5, 5.41) is 2.57. The average molecular weight is 441 g/mol. The highest BCUT2D eigenvalue weighted by molar-refractivity contribution is 7.89. The molecule has 1 saturated heterocycles. The standard InChI is InChI=1S/C21H20FN5O3S/c22-19-4-2-1-3-18(19)21(28)25-16-5-7-17(8-6-16)31(29,30)27-13-11-26(12-14-27)20-15-23-9-10-24-20/h1-10,15H,11-14H2,(H,25,28). The van der Waals surface area contributed by atoms with Gasteiger partial charge in [-0.3, -0.25) is 9.78 Å². The largest absolute Gasteiger partial charge is 0.353 e. The van der Waals surface area contributed by atoms with Crippen molar-refractivity contribution in [3.63, 3.8) is 0 Å². The molecule has 0 radical (unpaired) electrons. The highest BCUT2D eigenvalue weighted by Crippen LogP contribution is 2.22. The average Bonchev–Trinajstić information content (AvgIpc) is 2.80. The van der Waals surface area contributed by atoms with Crippen LogP contribution in [0.5, 0.6) is 0 Å². The van der Waals surface area contributed by atoms with E-state index in [4.69, 9.17) is 0 Å². The molecule has 0 saturated carbocycles. The molecule has 1 aromatic heterocycles. The fourth-order valence-electron chi connectivity index (χ4n) is 3.32. The first-order valence-electron chi connectivity index (χ1n) is 9.62. The lowest BCUT2D eigenvalue weighted by Crippen LogP contribution is -2.48. The third-order valence-electron chi connectivity index (χ3n) is 4.98. The van der Waals surface area contributed by atoms with Crippen molar-refractivity contribution in [1.82, 2.24) is 14.3 Å². The van der Waals surface area contributed by atoms with Crippen LogP contribution in [0, 0.1) is 5.82 Å². The number of nitrogens with one attached hydrogen (secondary N) is 1. The van der Waals surface area contributed by atoms with Crippen LogP contribution in [0.1, 0.15) is 10.4 Å². The van der Waals surface area contributed by atoms with E-state index in [9.17, 15) is 17.6 Å². The van der Waals surface area contributed by atoms with Crippen LogP contribution in [0.4, 0.5) is 15.9 Å². The van der Waals surface area contributed by atoms with E-state index in [1.165, 1.54) is 46.8 Å². The molecule has 2 aromatic carbocycles. The van der Waals surface area contributed by atoms with Gasteiger partial charge in [0.05, 0.1) is 16.7 Å². The number of anilines is 2. The van der Waals surface area contributed by atoms with Crippen molar-refractivity contribution >= 4 is 27.4 Å². The smallest absolute Gasteiger partial charge is 0.258 e. The number of carbonyl (C=O) groups excluding carboxylic acids is 1. The highest BCUT2D eigenvalue weighted by Gasteiger charge is 2.29. The Morgan fingerprint density at radius 2 is 1.68 bits per heavy atom. The number of hydrogen-bond donors (Lipinski definition) is 1. The van der Waals surface area contributed by atoms with Gasteiger partial charge in [-0.1, -0.05) is 12.1 Å². The van der Waals surface area contributed by atoms with Gasteiger partial charge in [0.2, 0.25) is 10.0 Å². The minimum Gasteiger partial charge on any atom is -0.353 e. The Bertz CT molecular complexity index is 1170. The van der Waals surface area contributed by atoms with Gasteiger partial charge in [0.25, 0.3) is 5.91 Å². The molecule has 10 heteroatoms. The monoisotopic (exact) mass is 441 g/mol. The van der Waals surface area contributed by atoms with Crippen molar-refractivity contribution < 1.29 is 17.6 Å². The van der Waals surface area contributed by atoms with Crippen LogP contribution in [0.25, 0.3) is 0 Å². The fourth-order valence-corrected chi connectivity index (χ4v) is 4.74. The Balaban J connectivity index is 1.41. The number of rotatable bonds is 5. The number of piperazine rings is 1. The van der Waals surface area contributed by atoms with Gasteiger partial charge in [0.15, 0.2) is 0 Å². The maximum absolute atomic E-state index is 13.7. The van der Waals surface area contributed by atoms with Gasteiger partial charge in [-0.15, -0.1) is 0 Å². The Kier molecular flexibility index (Phi) is 5.92. The van der Waals surface area contributed by atoms with Crippen LogP contribution < -0.4 is 10.2 Å². The third-order valence-corrected chi connectivity index (χ3v) is 6.89. The summed E-state index contributed by atoms with van der Waals surface area (Å²) in [6.45, 7) is 1.67. The van der Waals surface area contributed by atoms with Crippen molar-refractivity contribution in [2.24, 2.45) is 0 Å². The number of halogens is 1. The SMILES string of the molecule is O=C(Nc1ccc(S(=O)(=O)N2CCN(c3cnccn3)CC2)cc1)c1ccccc1F. The van der Waals surface area contributed by atoms with Gasteiger partial charge in [0.1, 0.15) is 11.6 Å². The second-order valence-corrected chi connectivity index (χ2v) is 8.85. The highest BCUT2D eigenvalue weighted by atomic mass is 32.2. The van der Waals surface area contributed by atoms with Crippen molar-refractivity contribution in [2.45, 2.75) is 4.90 Å². The molecule has 3 aromatic rings. The van der Waals surface area contributed by atoms with Crippen molar-refractivity contribution in [2.75, 3.05) is 36.4 Å². The molecule has 31 heavy (non-hydrogen) atoms. The van der Waals surface area contributed by atoms with Crippen LogP contribution in [0.2, 0.25) is 0 Å². The zero-order valence-corrected chi connectivity index (χ0v) is 17.3. The first-order valence-corrected chi connectivity index (χ1v) is 11.1. The van der Waals surface area contributed by atoms with Gasteiger partial charge in [-0.05, 0) is 36.4 Å². The van der Waals surface area contributed by atoms with E-state index >= 15 is 0 Å². The van der Waals surface area contributed by atoms with E-state index in [0.29, 0.717) is 31.9 Å². The van der Waals surface area contributed by atoms with Crippen molar-refractivity contribution in [3.8, 4) is 0 Å². The zero-order valence-electron chi connectivity index (χ0n) is 16.5. The molecule has 1 fully saturated rings. The van der Waals surface area contributed by atoms with E-state index in [2.05, 4.69) is 15.3 Å². The summed E-state index contributed by atoms with van der Waals surface area (Å²) >= 11 is 0. The molecule has 160 valence electrons. The van der Waals surface area contributed by atoms with Gasteiger partial charge in [-0.2, -0.15) is 4.31 Å². The number of amides is 1. The van der Waals surface area contributed by atoms with E-state index in [0.717, 1.165) is 5.82 Å². The predicted octanol–water partition coefficient (Wildman–Crippen LogP) is 2.38. The summed E-state index contributed by atoms with van der Waals surface area (Å²) in [5.74, 6) is -0.511. The van der Waals surface area contributed by atoms with Crippen molar-refractivity contribution in [3.05, 3.63) is 78.5 Å². The molecular formula is C21H20FN5O3S. The Morgan fingerprint density at radius 1 is 0.968 bits per heavy atom. The molecule has 0 aliphatic carbocycles. The first kappa shape index (κ1) is 20.9. The van der Waals surface area contributed by atoms with Crippen LogP contribution in [0.15, 0.2) is 72.0 Å². The number of aromatic nitrogens is 2. The first-order chi connectivity index (χ1) is 14.9. The molecule has 0 atom stereocenters. The molecule has 1 N–H and O–H groups in total. The number of benzene rings is 2. The molecule has 4 rings (SSSR count). The Morgan fingerprint density at radius 3 is 2.32 bits per heavy atom. The second kappa shape index (κ2) is 8.78. The zero-order chi connectivity index (χ0) is 21.8. The number of sulfonamides is 1. The molecule has 1 amide bonds. The molecule has 8 nitrogen and oxygen atoms in total. The van der Waals surface area contributed by atoms with E-state index in [-0.39, 0.29) is 10.5 Å². The van der Waals surface area contributed by atoms with Crippen molar-refractivity contribution in [1.29, 1.82) is 0 Å². The quantitative estimate of drug-likeness (QED) is 0.653. The maximum atomic E-state index is 13.7. The molecular weight excluding hydrogens is 421 g/mol. The maximum Gasteiger partial charge on any atom is 0.258 e. The lowest BCUT2D eigenvalue weighted by Gasteiger charge is -2.34. The Labute approximate surface area is 179 Å². The number of nitrogens with zero attached hydrogens (tertiary/aromatic N) is 4. The van der Waals surface area contributed by atoms with E-state index < -0.39 is 21.7 Å². The second-order valence-electron chi connectivity index (χ2n) is 6.91. The number of carbonyl (C=O) groups is 1. The summed E-state index contributed by atoms with van der Waals surface area (Å²) in [5.41, 5.74) is 0.292. The van der Waals surface area contributed by atoms with E-state index in [1.54, 1.807) is 24.7 Å². The van der Waals surface area contributed by atoms with Crippen LogP contribution in [-0.4, -0.2) is 54.8 Å². The molecule has 0 bridgehead atoms. The van der Waals surface area contributed by atoms with Gasteiger partial charge >= 0.3 is 0 Å². The van der Waals surface area contributed by atoms with Crippen LogP contribution in [-0.2, 0) is 10.0 Å². The summed E-state index contributed by atoms with van der Waals surface area (Å²) in [6, 6.07) is 11.5. The Hall–Kier alpha value is -3.37.